The minimum absolute atomic E-state index is 0. The third-order valence-electron chi connectivity index (χ3n) is 6.15. The second kappa shape index (κ2) is 8.20. The second-order valence-corrected chi connectivity index (χ2v) is 8.54. The molecule has 1 aromatic heterocycles. The van der Waals surface area contributed by atoms with E-state index in [2.05, 4.69) is 13.8 Å². The van der Waals surface area contributed by atoms with Crippen molar-refractivity contribution >= 4 is 24.2 Å². The standard InChI is InChI=1S/C22H27N3O3.ClH/c1-22(2)14-24(10-9-19(22)23)20(26)17-12-15-6-3-4-7-16(15)13-25(17)21(27)18-8-5-11-28-18;/h3-8,11,17,19H,9-10,12-14,23H2,1-2H3;1H. The molecule has 0 bridgehead atoms. The van der Waals surface area contributed by atoms with Crippen molar-refractivity contribution in [3.05, 3.63) is 59.5 Å². The summed E-state index contributed by atoms with van der Waals surface area (Å²) in [6.45, 7) is 5.83. The van der Waals surface area contributed by atoms with Crippen molar-refractivity contribution in [2.24, 2.45) is 11.1 Å². The number of piperidine rings is 1. The number of carbonyl (C=O) groups is 2. The number of likely N-dealkylation sites (tertiary alicyclic amines) is 1. The van der Waals surface area contributed by atoms with Crippen LogP contribution in [0.2, 0.25) is 0 Å². The Balaban J connectivity index is 0.00000240. The van der Waals surface area contributed by atoms with Crippen LogP contribution in [-0.4, -0.2) is 46.8 Å². The molecule has 7 heteroatoms. The first kappa shape index (κ1) is 21.4. The Bertz CT molecular complexity index is 881. The number of furan rings is 1. The van der Waals surface area contributed by atoms with Crippen LogP contribution in [0.4, 0.5) is 0 Å². The molecule has 0 saturated carbocycles. The molecule has 2 aromatic rings. The molecule has 0 radical (unpaired) electrons. The highest BCUT2D eigenvalue weighted by atomic mass is 35.5. The summed E-state index contributed by atoms with van der Waals surface area (Å²) in [7, 11) is 0. The van der Waals surface area contributed by atoms with Crippen LogP contribution < -0.4 is 5.73 Å². The van der Waals surface area contributed by atoms with Crippen molar-refractivity contribution in [2.75, 3.05) is 13.1 Å². The highest BCUT2D eigenvalue weighted by Gasteiger charge is 2.42. The van der Waals surface area contributed by atoms with Gasteiger partial charge in [-0.25, -0.2) is 0 Å². The number of hydrogen-bond acceptors (Lipinski definition) is 4. The lowest BCUT2D eigenvalue weighted by Crippen LogP contribution is -2.59. The van der Waals surface area contributed by atoms with Gasteiger partial charge in [0.25, 0.3) is 5.91 Å². The van der Waals surface area contributed by atoms with E-state index in [-0.39, 0.29) is 41.4 Å². The summed E-state index contributed by atoms with van der Waals surface area (Å²) in [6.07, 6.45) is 2.77. The molecule has 156 valence electrons. The van der Waals surface area contributed by atoms with E-state index in [0.29, 0.717) is 26.1 Å². The fourth-order valence-corrected chi connectivity index (χ4v) is 4.27. The molecule has 0 spiro atoms. The molecule has 1 saturated heterocycles. The number of hydrogen-bond donors (Lipinski definition) is 1. The van der Waals surface area contributed by atoms with Gasteiger partial charge >= 0.3 is 0 Å². The predicted octanol–water partition coefficient (Wildman–Crippen LogP) is 2.85. The highest BCUT2D eigenvalue weighted by Crippen LogP contribution is 2.31. The first-order valence-electron chi connectivity index (χ1n) is 9.82. The zero-order chi connectivity index (χ0) is 19.9. The van der Waals surface area contributed by atoms with E-state index in [1.54, 1.807) is 17.0 Å². The Hall–Kier alpha value is -2.31. The first-order valence-corrected chi connectivity index (χ1v) is 9.82. The fraction of sp³-hybridized carbons (Fsp3) is 0.455. The number of nitrogens with zero attached hydrogens (tertiary/aromatic N) is 2. The fourth-order valence-electron chi connectivity index (χ4n) is 4.27. The molecule has 29 heavy (non-hydrogen) atoms. The summed E-state index contributed by atoms with van der Waals surface area (Å²) in [4.78, 5) is 30.1. The molecule has 6 nitrogen and oxygen atoms in total. The Kier molecular flexibility index (Phi) is 6.05. The molecule has 2 aliphatic rings. The number of halogens is 1. The minimum Gasteiger partial charge on any atom is -0.459 e. The maximum absolute atomic E-state index is 13.5. The summed E-state index contributed by atoms with van der Waals surface area (Å²) < 4.78 is 5.32. The number of amides is 2. The molecule has 2 unspecified atom stereocenters. The summed E-state index contributed by atoms with van der Waals surface area (Å²) in [5, 5.41) is 0. The van der Waals surface area contributed by atoms with Crippen LogP contribution in [0.3, 0.4) is 0 Å². The van der Waals surface area contributed by atoms with E-state index < -0.39 is 6.04 Å². The van der Waals surface area contributed by atoms with Crippen LogP contribution >= 0.6 is 12.4 Å². The average Bonchev–Trinajstić information content (AvgIpc) is 3.22. The van der Waals surface area contributed by atoms with Crippen LogP contribution in [0.5, 0.6) is 0 Å². The molecule has 2 aliphatic heterocycles. The number of benzene rings is 1. The zero-order valence-electron chi connectivity index (χ0n) is 16.8. The first-order chi connectivity index (χ1) is 13.4. The summed E-state index contributed by atoms with van der Waals surface area (Å²) in [5.74, 6) is 0.0124. The van der Waals surface area contributed by atoms with Gasteiger partial charge in [0.15, 0.2) is 5.76 Å². The Morgan fingerprint density at radius 2 is 1.86 bits per heavy atom. The number of nitrogens with two attached hydrogens (primary N) is 1. The van der Waals surface area contributed by atoms with Gasteiger partial charge in [-0.2, -0.15) is 0 Å². The van der Waals surface area contributed by atoms with Crippen molar-refractivity contribution < 1.29 is 14.0 Å². The van der Waals surface area contributed by atoms with Gasteiger partial charge < -0.3 is 20.0 Å². The van der Waals surface area contributed by atoms with Crippen molar-refractivity contribution in [1.82, 2.24) is 9.80 Å². The lowest BCUT2D eigenvalue weighted by molar-refractivity contribution is -0.140. The molecular formula is C22H28ClN3O3. The molecule has 1 aromatic carbocycles. The van der Waals surface area contributed by atoms with Crippen LogP contribution in [0.15, 0.2) is 47.1 Å². The Morgan fingerprint density at radius 1 is 1.14 bits per heavy atom. The third-order valence-corrected chi connectivity index (χ3v) is 6.15. The molecule has 1 fully saturated rings. The summed E-state index contributed by atoms with van der Waals surface area (Å²) >= 11 is 0. The Morgan fingerprint density at radius 3 is 2.52 bits per heavy atom. The summed E-state index contributed by atoms with van der Waals surface area (Å²) in [5.41, 5.74) is 8.30. The van der Waals surface area contributed by atoms with E-state index >= 15 is 0 Å². The maximum Gasteiger partial charge on any atom is 0.290 e. The molecule has 2 amide bonds. The highest BCUT2D eigenvalue weighted by molar-refractivity contribution is 5.96. The van der Waals surface area contributed by atoms with Crippen LogP contribution in [0.25, 0.3) is 0 Å². The summed E-state index contributed by atoms with van der Waals surface area (Å²) in [6, 6.07) is 10.9. The average molecular weight is 418 g/mol. The van der Waals surface area contributed by atoms with Gasteiger partial charge in [0.05, 0.1) is 6.26 Å². The quantitative estimate of drug-likeness (QED) is 0.814. The van der Waals surface area contributed by atoms with Crippen LogP contribution in [-0.2, 0) is 17.8 Å². The van der Waals surface area contributed by atoms with Crippen molar-refractivity contribution in [3.63, 3.8) is 0 Å². The largest absolute Gasteiger partial charge is 0.459 e. The number of rotatable bonds is 2. The number of carbonyl (C=O) groups excluding carboxylic acids is 2. The van der Waals surface area contributed by atoms with Crippen LogP contribution in [0, 0.1) is 5.41 Å². The zero-order valence-corrected chi connectivity index (χ0v) is 17.7. The smallest absolute Gasteiger partial charge is 0.290 e. The van der Waals surface area contributed by atoms with Crippen molar-refractivity contribution in [3.8, 4) is 0 Å². The Labute approximate surface area is 177 Å². The molecule has 2 N–H and O–H groups in total. The van der Waals surface area contributed by atoms with Gasteiger partial charge in [-0.15, -0.1) is 12.4 Å². The van der Waals surface area contributed by atoms with E-state index in [4.69, 9.17) is 10.2 Å². The minimum atomic E-state index is -0.530. The molecule has 3 heterocycles. The van der Waals surface area contributed by atoms with Crippen molar-refractivity contribution in [1.29, 1.82) is 0 Å². The van der Waals surface area contributed by atoms with Crippen molar-refractivity contribution in [2.45, 2.75) is 45.3 Å². The van der Waals surface area contributed by atoms with Gasteiger partial charge in [0, 0.05) is 32.1 Å². The predicted molar refractivity (Wildman–Crippen MR) is 113 cm³/mol. The van der Waals surface area contributed by atoms with E-state index in [0.717, 1.165) is 17.5 Å². The third kappa shape index (κ3) is 4.05. The van der Waals surface area contributed by atoms with Crippen LogP contribution in [0.1, 0.15) is 41.9 Å². The van der Waals surface area contributed by atoms with E-state index in [9.17, 15) is 9.59 Å². The van der Waals surface area contributed by atoms with Gasteiger partial charge in [0.2, 0.25) is 5.91 Å². The van der Waals surface area contributed by atoms with Gasteiger partial charge in [-0.3, -0.25) is 9.59 Å². The topological polar surface area (TPSA) is 79.8 Å². The lowest BCUT2D eigenvalue weighted by atomic mass is 9.79. The molecule has 2 atom stereocenters. The van der Waals surface area contributed by atoms with Gasteiger partial charge in [0.1, 0.15) is 6.04 Å². The van der Waals surface area contributed by atoms with E-state index in [1.807, 2.05) is 29.2 Å². The number of fused-ring (bicyclic) bond motifs is 1. The van der Waals surface area contributed by atoms with E-state index in [1.165, 1.54) is 6.26 Å². The SMILES string of the molecule is CC1(C)CN(C(=O)C2Cc3ccccc3CN2C(=O)c2ccco2)CCC1N.Cl. The van der Waals surface area contributed by atoms with Gasteiger partial charge in [-0.1, -0.05) is 38.1 Å². The molecular weight excluding hydrogens is 390 g/mol. The monoisotopic (exact) mass is 417 g/mol. The lowest BCUT2D eigenvalue weighted by Gasteiger charge is -2.45. The van der Waals surface area contributed by atoms with Gasteiger partial charge in [-0.05, 0) is 35.1 Å². The maximum atomic E-state index is 13.5. The molecule has 0 aliphatic carbocycles. The normalized spacial score (nSPS) is 23.1. The molecule has 4 rings (SSSR count). The second-order valence-electron chi connectivity index (χ2n) is 8.54.